The van der Waals surface area contributed by atoms with E-state index in [9.17, 15) is 28.3 Å². The number of rotatable bonds is 10. The minimum atomic E-state index is -1.45. The number of anilines is 2. The van der Waals surface area contributed by atoms with Gasteiger partial charge in [0.2, 0.25) is 5.91 Å². The smallest absolute Gasteiger partial charge is 0.407 e. The molecule has 0 spiro atoms. The monoisotopic (exact) mass is 561 g/mol. The summed E-state index contributed by atoms with van der Waals surface area (Å²) in [7, 11) is 0. The predicted molar refractivity (Wildman–Crippen MR) is 142 cm³/mol. The van der Waals surface area contributed by atoms with Gasteiger partial charge >= 0.3 is 6.09 Å². The van der Waals surface area contributed by atoms with Crippen molar-refractivity contribution in [1.82, 2.24) is 15.6 Å². The van der Waals surface area contributed by atoms with E-state index in [-0.39, 0.29) is 57.5 Å². The van der Waals surface area contributed by atoms with Crippen molar-refractivity contribution < 1.29 is 33.0 Å². The summed E-state index contributed by atoms with van der Waals surface area (Å²) in [6.45, 7) is 5.94. The van der Waals surface area contributed by atoms with E-state index in [4.69, 9.17) is 10.5 Å². The van der Waals surface area contributed by atoms with Crippen LogP contribution in [-0.2, 0) is 21.7 Å². The van der Waals surface area contributed by atoms with E-state index in [1.807, 2.05) is 0 Å². The molecule has 0 bridgehead atoms. The molecule has 3 aromatic rings. The van der Waals surface area contributed by atoms with Gasteiger partial charge in [-0.25, -0.2) is 18.6 Å². The van der Waals surface area contributed by atoms with Gasteiger partial charge in [-0.3, -0.25) is 9.59 Å². The number of aliphatic hydroxyl groups is 1. The van der Waals surface area contributed by atoms with Crippen LogP contribution >= 0.6 is 11.3 Å². The lowest BCUT2D eigenvalue weighted by Gasteiger charge is -2.18. The third-order valence-corrected chi connectivity index (χ3v) is 6.30. The van der Waals surface area contributed by atoms with Crippen LogP contribution in [-0.4, -0.2) is 40.6 Å². The number of nitrogens with one attached hydrogen (secondary N) is 3. The molecule has 0 unspecified atom stereocenters. The number of pyridine rings is 1. The van der Waals surface area contributed by atoms with E-state index in [0.29, 0.717) is 5.69 Å². The van der Waals surface area contributed by atoms with E-state index in [1.165, 1.54) is 19.9 Å². The summed E-state index contributed by atoms with van der Waals surface area (Å²) in [6, 6.07) is 8.06. The first-order valence-corrected chi connectivity index (χ1v) is 12.6. The Morgan fingerprint density at radius 2 is 1.82 bits per heavy atom. The van der Waals surface area contributed by atoms with Crippen LogP contribution in [0.4, 0.5) is 24.4 Å². The zero-order valence-corrected chi connectivity index (χ0v) is 22.5. The van der Waals surface area contributed by atoms with Gasteiger partial charge in [-0.1, -0.05) is 6.07 Å². The number of hydrogen-bond donors (Lipinski definition) is 5. The second kappa shape index (κ2) is 12.2. The molecule has 1 aromatic carbocycles. The van der Waals surface area contributed by atoms with Crippen molar-refractivity contribution in [2.75, 3.05) is 11.9 Å². The molecule has 0 saturated carbocycles. The average Bonchev–Trinajstić information content (AvgIpc) is 3.23. The number of carbonyl (C=O) groups excluding carboxylic acids is 3. The maximum Gasteiger partial charge on any atom is 0.407 e. The number of amides is 3. The van der Waals surface area contributed by atoms with Crippen molar-refractivity contribution in [1.29, 1.82) is 0 Å². The van der Waals surface area contributed by atoms with Gasteiger partial charge in [-0.05, 0) is 63.6 Å². The second-order valence-electron chi connectivity index (χ2n) is 9.38. The second-order valence-corrected chi connectivity index (χ2v) is 10.4. The summed E-state index contributed by atoms with van der Waals surface area (Å²) in [6.07, 6.45) is -0.812. The fourth-order valence-corrected chi connectivity index (χ4v) is 4.53. The average molecular weight is 562 g/mol. The molecule has 3 amide bonds. The summed E-state index contributed by atoms with van der Waals surface area (Å²) in [5.74, 6) is -2.75. The first-order valence-electron chi connectivity index (χ1n) is 11.8. The highest BCUT2D eigenvalue weighted by Crippen LogP contribution is 2.40. The van der Waals surface area contributed by atoms with Crippen LogP contribution in [0.2, 0.25) is 0 Å². The highest BCUT2D eigenvalue weighted by molar-refractivity contribution is 7.20. The van der Waals surface area contributed by atoms with E-state index >= 15 is 0 Å². The molecule has 0 atom stereocenters. The molecule has 2 aromatic heterocycles. The lowest BCUT2D eigenvalue weighted by molar-refractivity contribution is -0.120. The Hall–Kier alpha value is -4.10. The van der Waals surface area contributed by atoms with E-state index < -0.39 is 29.2 Å². The van der Waals surface area contributed by atoms with Gasteiger partial charge in [0.25, 0.3) is 5.91 Å². The third kappa shape index (κ3) is 7.94. The molecule has 6 N–H and O–H groups in total. The van der Waals surface area contributed by atoms with Crippen LogP contribution in [0.25, 0.3) is 10.4 Å². The van der Waals surface area contributed by atoms with Crippen molar-refractivity contribution in [3.63, 3.8) is 0 Å². The SMILES string of the molecule is CC(C)NC(=O)CNC(=O)OCc1cccc(Nc2sc(-c3c(F)cc(C(C)(C)O)cc3F)cc2C(N)=O)n1. The Kier molecular flexibility index (Phi) is 9.20. The van der Waals surface area contributed by atoms with Crippen molar-refractivity contribution in [2.45, 2.75) is 45.9 Å². The topological polar surface area (TPSA) is 156 Å². The number of ether oxygens (including phenoxy) is 1. The molecule has 0 aliphatic carbocycles. The Morgan fingerprint density at radius 1 is 1.15 bits per heavy atom. The zero-order chi connectivity index (χ0) is 28.9. The van der Waals surface area contributed by atoms with Crippen molar-refractivity contribution in [3.8, 4) is 10.4 Å². The molecule has 0 aliphatic rings. The first-order chi connectivity index (χ1) is 18.2. The molecular weight excluding hydrogens is 532 g/mol. The van der Waals surface area contributed by atoms with Gasteiger partial charge in [0.15, 0.2) is 0 Å². The van der Waals surface area contributed by atoms with Gasteiger partial charge < -0.3 is 31.5 Å². The quantitative estimate of drug-likeness (QED) is 0.251. The number of carbonyl (C=O) groups is 3. The number of hydrogen-bond acceptors (Lipinski definition) is 8. The third-order valence-electron chi connectivity index (χ3n) is 5.23. The number of nitrogens with two attached hydrogens (primary N) is 1. The Balaban J connectivity index is 1.76. The molecule has 39 heavy (non-hydrogen) atoms. The number of thiophene rings is 1. The maximum absolute atomic E-state index is 14.9. The van der Waals surface area contributed by atoms with Gasteiger partial charge in [0, 0.05) is 10.9 Å². The Bertz CT molecular complexity index is 1360. The molecule has 0 aliphatic heterocycles. The summed E-state index contributed by atoms with van der Waals surface area (Å²) in [5, 5.41) is 18.2. The van der Waals surface area contributed by atoms with E-state index in [2.05, 4.69) is 20.9 Å². The Labute approximate surface area is 227 Å². The minimum absolute atomic E-state index is 0.0112. The maximum atomic E-state index is 14.9. The largest absolute Gasteiger partial charge is 0.443 e. The van der Waals surface area contributed by atoms with Crippen molar-refractivity contribution >= 4 is 40.1 Å². The molecule has 0 saturated heterocycles. The predicted octanol–water partition coefficient (Wildman–Crippen LogP) is 3.91. The fourth-order valence-electron chi connectivity index (χ4n) is 3.41. The summed E-state index contributed by atoms with van der Waals surface area (Å²) in [5.41, 5.74) is 4.07. The summed E-state index contributed by atoms with van der Waals surface area (Å²) in [4.78, 5) is 40.0. The highest BCUT2D eigenvalue weighted by atomic mass is 32.1. The van der Waals surface area contributed by atoms with Gasteiger partial charge in [-0.15, -0.1) is 11.3 Å². The van der Waals surface area contributed by atoms with Crippen LogP contribution < -0.4 is 21.7 Å². The standard InChI is InChI=1S/C26H29F2N5O5S/c1-13(2)31-21(34)11-30-25(36)38-12-15-6-5-7-20(32-15)33-24-16(23(29)35)10-19(39-24)22-17(27)8-14(9-18(22)28)26(3,4)37/h5-10,13,37H,11-12H2,1-4H3,(H2,29,35)(H,30,36)(H,31,34)(H,32,33). The summed E-state index contributed by atoms with van der Waals surface area (Å²) < 4.78 is 34.9. The lowest BCUT2D eigenvalue weighted by atomic mass is 9.96. The van der Waals surface area contributed by atoms with Crippen LogP contribution in [0, 0.1) is 11.6 Å². The molecular formula is C26H29F2N5O5S. The van der Waals surface area contributed by atoms with E-state index in [0.717, 1.165) is 23.5 Å². The molecule has 0 fully saturated rings. The molecule has 2 heterocycles. The van der Waals surface area contributed by atoms with Crippen LogP contribution in [0.1, 0.15) is 49.3 Å². The van der Waals surface area contributed by atoms with Crippen LogP contribution in [0.5, 0.6) is 0 Å². The summed E-state index contributed by atoms with van der Waals surface area (Å²) >= 11 is 0.887. The number of halogens is 2. The minimum Gasteiger partial charge on any atom is -0.443 e. The molecule has 3 rings (SSSR count). The molecule has 13 heteroatoms. The number of primary amides is 1. The van der Waals surface area contributed by atoms with Crippen molar-refractivity contribution in [2.24, 2.45) is 5.73 Å². The first kappa shape index (κ1) is 29.5. The normalized spacial score (nSPS) is 11.3. The number of alkyl carbamates (subject to hydrolysis) is 1. The zero-order valence-electron chi connectivity index (χ0n) is 21.7. The number of nitrogens with zero attached hydrogens (tertiary/aromatic N) is 1. The van der Waals surface area contributed by atoms with Gasteiger partial charge in [0.1, 0.15) is 35.6 Å². The molecule has 10 nitrogen and oxygen atoms in total. The lowest BCUT2D eigenvalue weighted by Crippen LogP contribution is -2.39. The van der Waals surface area contributed by atoms with Gasteiger partial charge in [0.05, 0.1) is 22.4 Å². The van der Waals surface area contributed by atoms with Crippen LogP contribution in [0.3, 0.4) is 0 Å². The van der Waals surface area contributed by atoms with Gasteiger partial charge in [-0.2, -0.15) is 0 Å². The fraction of sp³-hybridized carbons (Fsp3) is 0.308. The number of benzene rings is 1. The number of aromatic nitrogens is 1. The van der Waals surface area contributed by atoms with Crippen molar-refractivity contribution in [3.05, 3.63) is 64.9 Å². The van der Waals surface area contributed by atoms with Crippen LogP contribution in [0.15, 0.2) is 36.4 Å². The Morgan fingerprint density at radius 3 is 2.41 bits per heavy atom. The highest BCUT2D eigenvalue weighted by Gasteiger charge is 2.24. The van der Waals surface area contributed by atoms with E-state index in [1.54, 1.807) is 32.0 Å². The molecule has 0 radical (unpaired) electrons. The molecule has 208 valence electrons.